The minimum absolute atomic E-state index is 0.135. The van der Waals surface area contributed by atoms with E-state index in [0.717, 1.165) is 17.9 Å². The highest BCUT2D eigenvalue weighted by Crippen LogP contribution is 2.35. The van der Waals surface area contributed by atoms with E-state index in [0.29, 0.717) is 0 Å². The molecule has 0 aliphatic carbocycles. The third kappa shape index (κ3) is 2.99. The molecular weight excluding hydrogens is 276 g/mol. The first kappa shape index (κ1) is 16.1. The number of ketones is 1. The molecule has 1 aromatic rings. The monoisotopic (exact) mass is 298 g/mol. The smallest absolute Gasteiger partial charge is 0.180 e. The average Bonchev–Trinajstić information content (AvgIpc) is 2.77. The molecule has 0 radical (unpaired) electrons. The van der Waals surface area contributed by atoms with Crippen molar-refractivity contribution in [1.82, 2.24) is 0 Å². The molecular formula is C18H22N2O2. The van der Waals surface area contributed by atoms with E-state index >= 15 is 0 Å². The van der Waals surface area contributed by atoms with Crippen LogP contribution in [0.5, 0.6) is 5.75 Å². The Morgan fingerprint density at radius 2 is 2.14 bits per heavy atom. The van der Waals surface area contributed by atoms with Crippen molar-refractivity contribution in [2.75, 3.05) is 12.0 Å². The first-order valence-electron chi connectivity index (χ1n) is 7.40. The third-order valence-electron chi connectivity index (χ3n) is 3.87. The van der Waals surface area contributed by atoms with Gasteiger partial charge in [-0.05, 0) is 37.1 Å². The summed E-state index contributed by atoms with van der Waals surface area (Å²) in [5.41, 5.74) is 1.84. The summed E-state index contributed by atoms with van der Waals surface area (Å²) in [6, 6.07) is 8.15. The standard InChI is InChI=1S/C18H22N2O2/c1-12-8-13-9-15(22-5)6-7-16(13)20(12)11-14(10-19)17(21)18(2,3)4/h6-7,9,11-12H,8H2,1-5H3. The molecule has 2 rings (SSSR count). The van der Waals surface area contributed by atoms with Crippen molar-refractivity contribution in [2.24, 2.45) is 5.41 Å². The number of ether oxygens (including phenoxy) is 1. The molecule has 1 unspecified atom stereocenters. The Hall–Kier alpha value is -2.28. The summed E-state index contributed by atoms with van der Waals surface area (Å²) in [6.45, 7) is 7.56. The molecule has 22 heavy (non-hydrogen) atoms. The van der Waals surface area contributed by atoms with Gasteiger partial charge in [-0.2, -0.15) is 5.26 Å². The summed E-state index contributed by atoms with van der Waals surface area (Å²) in [5.74, 6) is 0.687. The number of fused-ring (bicyclic) bond motifs is 1. The molecule has 0 N–H and O–H groups in total. The zero-order valence-corrected chi connectivity index (χ0v) is 13.8. The largest absolute Gasteiger partial charge is 0.497 e. The second-order valence-electron chi connectivity index (χ2n) is 6.69. The summed E-state index contributed by atoms with van der Waals surface area (Å²) < 4.78 is 5.25. The lowest BCUT2D eigenvalue weighted by atomic mass is 9.87. The predicted octanol–water partition coefficient (Wildman–Crippen LogP) is 3.47. The molecule has 1 heterocycles. The number of anilines is 1. The zero-order chi connectivity index (χ0) is 16.5. The number of allylic oxidation sites excluding steroid dienone is 1. The number of methoxy groups -OCH3 is 1. The molecule has 1 atom stereocenters. The first-order chi connectivity index (χ1) is 10.3. The van der Waals surface area contributed by atoms with Crippen LogP contribution in [-0.4, -0.2) is 18.9 Å². The molecule has 0 fully saturated rings. The fraction of sp³-hybridized carbons (Fsp3) is 0.444. The summed E-state index contributed by atoms with van der Waals surface area (Å²) in [4.78, 5) is 14.4. The number of benzene rings is 1. The maximum atomic E-state index is 12.4. The summed E-state index contributed by atoms with van der Waals surface area (Å²) in [5, 5.41) is 9.35. The molecule has 1 aliphatic rings. The van der Waals surface area contributed by atoms with Crippen LogP contribution in [-0.2, 0) is 11.2 Å². The summed E-state index contributed by atoms with van der Waals surface area (Å²) in [7, 11) is 1.65. The Morgan fingerprint density at radius 1 is 1.45 bits per heavy atom. The van der Waals surface area contributed by atoms with E-state index in [-0.39, 0.29) is 17.4 Å². The molecule has 0 aromatic heterocycles. The van der Waals surface area contributed by atoms with Gasteiger partial charge in [-0.3, -0.25) is 4.79 Å². The van der Waals surface area contributed by atoms with E-state index in [2.05, 4.69) is 13.0 Å². The molecule has 116 valence electrons. The van der Waals surface area contributed by atoms with Gasteiger partial charge in [0.1, 0.15) is 17.4 Å². The van der Waals surface area contributed by atoms with Crippen LogP contribution in [0.2, 0.25) is 0 Å². The molecule has 0 amide bonds. The Balaban J connectivity index is 2.40. The highest BCUT2D eigenvalue weighted by molar-refractivity contribution is 6.02. The van der Waals surface area contributed by atoms with Gasteiger partial charge in [0.05, 0.1) is 7.11 Å². The van der Waals surface area contributed by atoms with Crippen LogP contribution in [0.4, 0.5) is 5.69 Å². The van der Waals surface area contributed by atoms with Crippen molar-refractivity contribution in [1.29, 1.82) is 5.26 Å². The maximum Gasteiger partial charge on any atom is 0.180 e. The molecule has 0 spiro atoms. The number of hydrogen-bond donors (Lipinski definition) is 0. The number of nitriles is 1. The van der Waals surface area contributed by atoms with Crippen LogP contribution < -0.4 is 9.64 Å². The van der Waals surface area contributed by atoms with E-state index in [1.165, 1.54) is 5.56 Å². The molecule has 4 nitrogen and oxygen atoms in total. The predicted molar refractivity (Wildman–Crippen MR) is 86.8 cm³/mol. The van der Waals surface area contributed by atoms with Crippen molar-refractivity contribution in [3.8, 4) is 11.8 Å². The molecule has 0 saturated carbocycles. The van der Waals surface area contributed by atoms with Gasteiger partial charge >= 0.3 is 0 Å². The topological polar surface area (TPSA) is 53.3 Å². The van der Waals surface area contributed by atoms with E-state index in [1.807, 2.05) is 43.9 Å². The van der Waals surface area contributed by atoms with Gasteiger partial charge in [-0.25, -0.2) is 0 Å². The second kappa shape index (κ2) is 5.84. The Morgan fingerprint density at radius 3 is 2.68 bits per heavy atom. The van der Waals surface area contributed by atoms with Gasteiger partial charge in [-0.15, -0.1) is 0 Å². The van der Waals surface area contributed by atoms with Gasteiger partial charge in [-0.1, -0.05) is 20.8 Å². The molecule has 0 bridgehead atoms. The van der Waals surface area contributed by atoms with Crippen LogP contribution in [0, 0.1) is 16.7 Å². The van der Waals surface area contributed by atoms with Crippen LogP contribution in [0.15, 0.2) is 30.0 Å². The SMILES string of the molecule is COc1ccc2c(c1)CC(C)N2C=C(C#N)C(=O)C(C)(C)C. The van der Waals surface area contributed by atoms with E-state index < -0.39 is 5.41 Å². The minimum Gasteiger partial charge on any atom is -0.497 e. The van der Waals surface area contributed by atoms with Crippen molar-refractivity contribution < 1.29 is 9.53 Å². The Kier molecular flexibility index (Phi) is 4.27. The lowest BCUT2D eigenvalue weighted by Crippen LogP contribution is -2.27. The third-order valence-corrected chi connectivity index (χ3v) is 3.87. The first-order valence-corrected chi connectivity index (χ1v) is 7.40. The van der Waals surface area contributed by atoms with Crippen molar-refractivity contribution in [3.63, 3.8) is 0 Å². The van der Waals surface area contributed by atoms with Gasteiger partial charge in [0.25, 0.3) is 0 Å². The van der Waals surface area contributed by atoms with Crippen molar-refractivity contribution in [3.05, 3.63) is 35.5 Å². The number of carbonyl (C=O) groups is 1. The van der Waals surface area contributed by atoms with E-state index in [9.17, 15) is 10.1 Å². The van der Waals surface area contributed by atoms with Crippen molar-refractivity contribution in [2.45, 2.75) is 40.2 Å². The minimum atomic E-state index is -0.562. The maximum absolute atomic E-state index is 12.4. The highest BCUT2D eigenvalue weighted by atomic mass is 16.5. The number of nitrogens with zero attached hydrogens (tertiary/aromatic N) is 2. The summed E-state index contributed by atoms with van der Waals surface area (Å²) in [6.07, 6.45) is 2.56. The van der Waals surface area contributed by atoms with E-state index in [1.54, 1.807) is 13.3 Å². The van der Waals surface area contributed by atoms with Crippen LogP contribution >= 0.6 is 0 Å². The second-order valence-corrected chi connectivity index (χ2v) is 6.69. The van der Waals surface area contributed by atoms with Gasteiger partial charge in [0.15, 0.2) is 5.78 Å². The quantitative estimate of drug-likeness (QED) is 0.633. The fourth-order valence-corrected chi connectivity index (χ4v) is 2.64. The average molecular weight is 298 g/mol. The Bertz CT molecular complexity index is 663. The summed E-state index contributed by atoms with van der Waals surface area (Å²) >= 11 is 0. The highest BCUT2D eigenvalue weighted by Gasteiger charge is 2.29. The van der Waals surface area contributed by atoms with Crippen molar-refractivity contribution >= 4 is 11.5 Å². The number of rotatable bonds is 3. The zero-order valence-electron chi connectivity index (χ0n) is 13.8. The van der Waals surface area contributed by atoms with E-state index in [4.69, 9.17) is 4.74 Å². The number of hydrogen-bond acceptors (Lipinski definition) is 4. The molecule has 1 aliphatic heterocycles. The number of carbonyl (C=O) groups excluding carboxylic acids is 1. The molecule has 0 saturated heterocycles. The van der Waals surface area contributed by atoms with Crippen LogP contribution in [0.25, 0.3) is 0 Å². The van der Waals surface area contributed by atoms with Crippen LogP contribution in [0.3, 0.4) is 0 Å². The number of Topliss-reactive ketones (excluding diaryl/α,β-unsaturated/α-hetero) is 1. The van der Waals surface area contributed by atoms with Gasteiger partial charge in [0, 0.05) is 23.3 Å². The van der Waals surface area contributed by atoms with Gasteiger partial charge < -0.3 is 9.64 Å². The normalized spacial score (nSPS) is 17.9. The van der Waals surface area contributed by atoms with Crippen LogP contribution in [0.1, 0.15) is 33.3 Å². The lowest BCUT2D eigenvalue weighted by Gasteiger charge is -2.22. The fourth-order valence-electron chi connectivity index (χ4n) is 2.64. The molecule has 4 heteroatoms. The lowest BCUT2D eigenvalue weighted by molar-refractivity contribution is -0.122. The molecule has 1 aromatic carbocycles. The Labute approximate surface area is 132 Å². The van der Waals surface area contributed by atoms with Gasteiger partial charge in [0.2, 0.25) is 0 Å².